The average Bonchev–Trinajstić information content (AvgIpc) is 2.41. The topological polar surface area (TPSA) is 39.2 Å². The van der Waals surface area contributed by atoms with Crippen molar-refractivity contribution in [1.82, 2.24) is 0 Å². The second kappa shape index (κ2) is 2.61. The van der Waals surface area contributed by atoms with Crippen LogP contribution in [0.4, 0.5) is 0 Å². The molecule has 1 aliphatic carbocycles. The number of furan rings is 1. The van der Waals surface area contributed by atoms with Crippen LogP contribution in [0.5, 0.6) is 0 Å². The highest BCUT2D eigenvalue weighted by molar-refractivity contribution is 5.33. The third-order valence-corrected chi connectivity index (χ3v) is 3.54. The van der Waals surface area contributed by atoms with Gasteiger partial charge in [-0.1, -0.05) is 13.8 Å². The minimum atomic E-state index is 0.364. The molecular weight excluding hydrogens is 162 g/mol. The number of hydrogen-bond acceptors (Lipinski definition) is 2. The fourth-order valence-corrected chi connectivity index (χ4v) is 2.52. The maximum Gasteiger partial charge on any atom is 0.104 e. The number of rotatable bonds is 2. The van der Waals surface area contributed by atoms with E-state index in [-0.39, 0.29) is 0 Å². The van der Waals surface area contributed by atoms with Crippen LogP contribution in [0.3, 0.4) is 0 Å². The van der Waals surface area contributed by atoms with Crippen LogP contribution >= 0.6 is 0 Å². The maximum atomic E-state index is 5.73. The Kier molecular flexibility index (Phi) is 1.77. The van der Waals surface area contributed by atoms with E-state index in [1.807, 2.05) is 6.92 Å². The van der Waals surface area contributed by atoms with Gasteiger partial charge < -0.3 is 10.2 Å². The van der Waals surface area contributed by atoms with Crippen molar-refractivity contribution >= 4 is 0 Å². The Morgan fingerprint density at radius 2 is 2.23 bits per heavy atom. The fraction of sp³-hybridized carbons (Fsp3) is 0.636. The lowest BCUT2D eigenvalue weighted by Crippen LogP contribution is -2.05. The van der Waals surface area contributed by atoms with Gasteiger partial charge in [0.2, 0.25) is 0 Å². The summed E-state index contributed by atoms with van der Waals surface area (Å²) in [6.45, 7) is 7.36. The molecule has 1 heterocycles. The molecule has 0 radical (unpaired) electrons. The molecule has 2 N–H and O–H groups in total. The van der Waals surface area contributed by atoms with E-state index in [2.05, 4.69) is 19.9 Å². The Morgan fingerprint density at radius 1 is 1.54 bits per heavy atom. The summed E-state index contributed by atoms with van der Waals surface area (Å²) in [7, 11) is 0. The molecule has 1 saturated carbocycles. The summed E-state index contributed by atoms with van der Waals surface area (Å²) in [6.07, 6.45) is 1.77. The number of aryl methyl sites for hydroxylation is 1. The van der Waals surface area contributed by atoms with Crippen LogP contribution in [0.2, 0.25) is 0 Å². The summed E-state index contributed by atoms with van der Waals surface area (Å²) in [5.41, 5.74) is 7.44. The smallest absolute Gasteiger partial charge is 0.104 e. The van der Waals surface area contributed by atoms with E-state index in [1.54, 1.807) is 6.26 Å². The summed E-state index contributed by atoms with van der Waals surface area (Å²) in [6, 6.07) is 2.08. The largest absolute Gasteiger partial charge is 0.469 e. The molecule has 13 heavy (non-hydrogen) atoms. The van der Waals surface area contributed by atoms with E-state index in [9.17, 15) is 0 Å². The molecule has 2 atom stereocenters. The predicted octanol–water partition coefficient (Wildman–Crippen LogP) is 2.29. The van der Waals surface area contributed by atoms with Crippen LogP contribution in [0, 0.1) is 18.3 Å². The molecule has 2 heteroatoms. The lowest BCUT2D eigenvalue weighted by molar-refractivity contribution is 0.524. The first-order valence-corrected chi connectivity index (χ1v) is 4.83. The number of hydrogen-bond donors (Lipinski definition) is 1. The molecule has 0 bridgehead atoms. The van der Waals surface area contributed by atoms with Crippen LogP contribution in [-0.2, 0) is 0 Å². The van der Waals surface area contributed by atoms with E-state index in [0.717, 1.165) is 12.3 Å². The standard InChI is InChI=1S/C11H17NO/c1-7-8(4-5-13-7)10-9(6-12)11(10,2)3/h4-5,9-10H,6,12H2,1-3H3. The Hall–Kier alpha value is -0.760. The van der Waals surface area contributed by atoms with E-state index in [4.69, 9.17) is 10.2 Å². The minimum absolute atomic E-state index is 0.364. The third kappa shape index (κ3) is 1.12. The molecule has 0 spiro atoms. The van der Waals surface area contributed by atoms with Crippen molar-refractivity contribution in [2.24, 2.45) is 17.1 Å². The quantitative estimate of drug-likeness (QED) is 0.756. The van der Waals surface area contributed by atoms with Gasteiger partial charge in [-0.15, -0.1) is 0 Å². The molecule has 2 rings (SSSR count). The normalized spacial score (nSPS) is 30.5. The monoisotopic (exact) mass is 179 g/mol. The van der Waals surface area contributed by atoms with Gasteiger partial charge in [0.25, 0.3) is 0 Å². The molecule has 0 aliphatic heterocycles. The van der Waals surface area contributed by atoms with Crippen LogP contribution in [0.15, 0.2) is 16.7 Å². The molecule has 1 fully saturated rings. The molecule has 72 valence electrons. The van der Waals surface area contributed by atoms with Crippen LogP contribution in [-0.4, -0.2) is 6.54 Å². The molecular formula is C11H17NO. The first-order valence-electron chi connectivity index (χ1n) is 4.83. The Labute approximate surface area is 79.1 Å². The summed E-state index contributed by atoms with van der Waals surface area (Å²) >= 11 is 0. The van der Waals surface area contributed by atoms with E-state index in [0.29, 0.717) is 17.3 Å². The van der Waals surface area contributed by atoms with Crippen molar-refractivity contribution in [3.05, 3.63) is 23.7 Å². The second-order valence-electron chi connectivity index (χ2n) is 4.57. The van der Waals surface area contributed by atoms with Crippen LogP contribution < -0.4 is 5.73 Å². The van der Waals surface area contributed by atoms with Gasteiger partial charge in [0.05, 0.1) is 6.26 Å². The van der Waals surface area contributed by atoms with Crippen molar-refractivity contribution in [2.45, 2.75) is 26.7 Å². The zero-order valence-electron chi connectivity index (χ0n) is 8.50. The van der Waals surface area contributed by atoms with Crippen molar-refractivity contribution in [1.29, 1.82) is 0 Å². The Morgan fingerprint density at radius 3 is 2.62 bits per heavy atom. The van der Waals surface area contributed by atoms with Crippen molar-refractivity contribution in [2.75, 3.05) is 6.54 Å². The summed E-state index contributed by atoms with van der Waals surface area (Å²) in [5.74, 6) is 2.29. The highest BCUT2D eigenvalue weighted by Gasteiger charge is 2.57. The van der Waals surface area contributed by atoms with Gasteiger partial charge in [-0.2, -0.15) is 0 Å². The molecule has 0 saturated heterocycles. The lowest BCUT2D eigenvalue weighted by Gasteiger charge is -2.00. The molecule has 1 aromatic heterocycles. The summed E-state index contributed by atoms with van der Waals surface area (Å²) in [4.78, 5) is 0. The highest BCUT2D eigenvalue weighted by atomic mass is 16.3. The maximum absolute atomic E-state index is 5.73. The molecule has 0 aromatic carbocycles. The zero-order valence-corrected chi connectivity index (χ0v) is 8.50. The summed E-state index contributed by atoms with van der Waals surface area (Å²) in [5, 5.41) is 0. The lowest BCUT2D eigenvalue weighted by atomic mass is 10.0. The Balaban J connectivity index is 2.26. The summed E-state index contributed by atoms with van der Waals surface area (Å²) < 4.78 is 5.31. The van der Waals surface area contributed by atoms with E-state index >= 15 is 0 Å². The minimum Gasteiger partial charge on any atom is -0.469 e. The molecule has 2 unspecified atom stereocenters. The first-order chi connectivity index (χ1) is 6.09. The highest BCUT2D eigenvalue weighted by Crippen LogP contribution is 2.64. The van der Waals surface area contributed by atoms with Gasteiger partial charge in [0.1, 0.15) is 5.76 Å². The van der Waals surface area contributed by atoms with Crippen molar-refractivity contribution < 1.29 is 4.42 Å². The molecule has 1 aromatic rings. The number of nitrogens with two attached hydrogens (primary N) is 1. The third-order valence-electron chi connectivity index (χ3n) is 3.54. The predicted molar refractivity (Wildman–Crippen MR) is 52.5 cm³/mol. The van der Waals surface area contributed by atoms with E-state index in [1.165, 1.54) is 5.56 Å². The Bertz CT molecular complexity index is 314. The zero-order chi connectivity index (χ0) is 9.64. The fourth-order valence-electron chi connectivity index (χ4n) is 2.52. The molecule has 0 amide bonds. The van der Waals surface area contributed by atoms with Crippen LogP contribution in [0.25, 0.3) is 0 Å². The van der Waals surface area contributed by atoms with Crippen molar-refractivity contribution in [3.8, 4) is 0 Å². The molecule has 1 aliphatic rings. The van der Waals surface area contributed by atoms with E-state index < -0.39 is 0 Å². The van der Waals surface area contributed by atoms with Gasteiger partial charge in [-0.05, 0) is 42.3 Å². The SMILES string of the molecule is Cc1occc1C1C(CN)C1(C)C. The van der Waals surface area contributed by atoms with Gasteiger partial charge in [-0.3, -0.25) is 0 Å². The van der Waals surface area contributed by atoms with Gasteiger partial charge in [0.15, 0.2) is 0 Å². The molecule has 2 nitrogen and oxygen atoms in total. The average molecular weight is 179 g/mol. The van der Waals surface area contributed by atoms with Gasteiger partial charge >= 0.3 is 0 Å². The van der Waals surface area contributed by atoms with Crippen molar-refractivity contribution in [3.63, 3.8) is 0 Å². The van der Waals surface area contributed by atoms with Crippen LogP contribution in [0.1, 0.15) is 31.1 Å². The van der Waals surface area contributed by atoms with Gasteiger partial charge in [0, 0.05) is 0 Å². The second-order valence-corrected chi connectivity index (χ2v) is 4.57. The first kappa shape index (κ1) is 8.82. The van der Waals surface area contributed by atoms with Gasteiger partial charge in [-0.25, -0.2) is 0 Å².